The van der Waals surface area contributed by atoms with E-state index in [2.05, 4.69) is 42.8 Å². The van der Waals surface area contributed by atoms with Gasteiger partial charge in [0.25, 0.3) is 0 Å². The van der Waals surface area contributed by atoms with Gasteiger partial charge in [0.2, 0.25) is 0 Å². The van der Waals surface area contributed by atoms with Gasteiger partial charge in [0, 0.05) is 50.3 Å². The highest BCUT2D eigenvalue weighted by Crippen LogP contribution is 2.33. The fourth-order valence-corrected chi connectivity index (χ4v) is 3.52. The van der Waals surface area contributed by atoms with Crippen LogP contribution in [0.5, 0.6) is 0 Å². The summed E-state index contributed by atoms with van der Waals surface area (Å²) in [4.78, 5) is 5.42. The van der Waals surface area contributed by atoms with Gasteiger partial charge in [-0.05, 0) is 33.6 Å². The van der Waals surface area contributed by atoms with Gasteiger partial charge in [-0.1, -0.05) is 6.92 Å². The molecule has 0 aromatic carbocycles. The lowest BCUT2D eigenvalue weighted by Gasteiger charge is -2.36. The first kappa shape index (κ1) is 13.3. The number of piperazine rings is 1. The molecule has 3 nitrogen and oxygen atoms in total. The molecule has 100 valence electrons. The first-order valence-corrected chi connectivity index (χ1v) is 7.26. The van der Waals surface area contributed by atoms with Crippen molar-refractivity contribution in [1.82, 2.24) is 15.1 Å². The summed E-state index contributed by atoms with van der Waals surface area (Å²) < 4.78 is 0. The number of hydrogen-bond acceptors (Lipinski definition) is 3. The van der Waals surface area contributed by atoms with Gasteiger partial charge >= 0.3 is 0 Å². The number of rotatable bonds is 3. The van der Waals surface area contributed by atoms with Crippen molar-refractivity contribution in [1.29, 1.82) is 0 Å². The average molecular weight is 239 g/mol. The molecule has 0 spiro atoms. The third-order valence-corrected chi connectivity index (χ3v) is 4.71. The molecule has 0 amide bonds. The molecule has 0 radical (unpaired) electrons. The zero-order valence-electron chi connectivity index (χ0n) is 12.0. The monoisotopic (exact) mass is 239 g/mol. The minimum atomic E-state index is 0.380. The molecule has 2 aliphatic heterocycles. The van der Waals surface area contributed by atoms with Crippen LogP contribution < -0.4 is 5.32 Å². The van der Waals surface area contributed by atoms with Crippen LogP contribution in [0.3, 0.4) is 0 Å². The van der Waals surface area contributed by atoms with E-state index in [-0.39, 0.29) is 0 Å². The van der Waals surface area contributed by atoms with Crippen molar-refractivity contribution in [2.75, 3.05) is 32.7 Å². The summed E-state index contributed by atoms with van der Waals surface area (Å²) in [6.45, 7) is 15.6. The van der Waals surface area contributed by atoms with Crippen LogP contribution in [0.15, 0.2) is 0 Å². The predicted molar refractivity (Wildman–Crippen MR) is 73.4 cm³/mol. The fraction of sp³-hybridized carbons (Fsp3) is 1.00. The standard InChI is InChI=1S/C14H29N3/c1-5-12(2)17-11-13(10-14(17,3)4)16-8-6-15-7-9-16/h12-13,15H,5-11H2,1-4H3. The van der Waals surface area contributed by atoms with Crippen LogP contribution in [0.25, 0.3) is 0 Å². The number of hydrogen-bond donors (Lipinski definition) is 1. The molecule has 2 unspecified atom stereocenters. The molecule has 0 aromatic heterocycles. The lowest BCUT2D eigenvalue weighted by molar-refractivity contribution is 0.117. The van der Waals surface area contributed by atoms with Gasteiger partial charge in [0.1, 0.15) is 0 Å². The summed E-state index contributed by atoms with van der Waals surface area (Å²) in [5, 5.41) is 3.45. The van der Waals surface area contributed by atoms with Crippen LogP contribution >= 0.6 is 0 Å². The Bertz CT molecular complexity index is 246. The summed E-state index contributed by atoms with van der Waals surface area (Å²) in [6.07, 6.45) is 2.59. The Morgan fingerprint density at radius 1 is 1.29 bits per heavy atom. The summed E-state index contributed by atoms with van der Waals surface area (Å²) in [5.41, 5.74) is 0.380. The summed E-state index contributed by atoms with van der Waals surface area (Å²) in [6, 6.07) is 1.50. The van der Waals surface area contributed by atoms with E-state index in [0.717, 1.165) is 12.1 Å². The minimum Gasteiger partial charge on any atom is -0.314 e. The Kier molecular flexibility index (Phi) is 4.11. The van der Waals surface area contributed by atoms with Gasteiger partial charge in [-0.2, -0.15) is 0 Å². The molecule has 2 aliphatic rings. The quantitative estimate of drug-likeness (QED) is 0.806. The summed E-state index contributed by atoms with van der Waals surface area (Å²) >= 11 is 0. The van der Waals surface area contributed by atoms with Gasteiger partial charge in [-0.15, -0.1) is 0 Å². The smallest absolute Gasteiger partial charge is 0.0241 e. The molecule has 0 bridgehead atoms. The third-order valence-electron chi connectivity index (χ3n) is 4.71. The molecule has 17 heavy (non-hydrogen) atoms. The highest BCUT2D eigenvalue weighted by atomic mass is 15.3. The fourth-order valence-electron chi connectivity index (χ4n) is 3.52. The van der Waals surface area contributed by atoms with Crippen molar-refractivity contribution < 1.29 is 0 Å². The van der Waals surface area contributed by atoms with Crippen LogP contribution in [-0.2, 0) is 0 Å². The third kappa shape index (κ3) is 2.83. The van der Waals surface area contributed by atoms with Crippen LogP contribution in [0, 0.1) is 0 Å². The van der Waals surface area contributed by atoms with Crippen molar-refractivity contribution >= 4 is 0 Å². The first-order valence-electron chi connectivity index (χ1n) is 7.26. The van der Waals surface area contributed by atoms with Crippen molar-refractivity contribution in [3.05, 3.63) is 0 Å². The van der Waals surface area contributed by atoms with Gasteiger partial charge in [-0.25, -0.2) is 0 Å². The highest BCUT2D eigenvalue weighted by molar-refractivity contribution is 4.99. The lowest BCUT2D eigenvalue weighted by Crippen LogP contribution is -2.49. The van der Waals surface area contributed by atoms with Gasteiger partial charge in [0.15, 0.2) is 0 Å². The van der Waals surface area contributed by atoms with Crippen molar-refractivity contribution in [3.63, 3.8) is 0 Å². The maximum Gasteiger partial charge on any atom is 0.0241 e. The number of likely N-dealkylation sites (tertiary alicyclic amines) is 1. The molecule has 3 heteroatoms. The van der Waals surface area contributed by atoms with Crippen LogP contribution in [0.1, 0.15) is 40.5 Å². The molecule has 0 saturated carbocycles. The largest absolute Gasteiger partial charge is 0.314 e. The van der Waals surface area contributed by atoms with Crippen molar-refractivity contribution in [2.45, 2.75) is 58.2 Å². The van der Waals surface area contributed by atoms with Gasteiger partial charge in [-0.3, -0.25) is 9.80 Å². The Morgan fingerprint density at radius 3 is 2.53 bits per heavy atom. The van der Waals surface area contributed by atoms with E-state index in [1.807, 2.05) is 0 Å². The zero-order valence-corrected chi connectivity index (χ0v) is 12.0. The molecule has 0 aromatic rings. The molecule has 2 fully saturated rings. The van der Waals surface area contributed by atoms with E-state index in [9.17, 15) is 0 Å². The number of nitrogens with one attached hydrogen (secondary N) is 1. The normalized spacial score (nSPS) is 32.8. The summed E-state index contributed by atoms with van der Waals surface area (Å²) in [5.74, 6) is 0. The van der Waals surface area contributed by atoms with Gasteiger partial charge in [0.05, 0.1) is 0 Å². The molecule has 2 heterocycles. The maximum absolute atomic E-state index is 3.45. The van der Waals surface area contributed by atoms with E-state index in [4.69, 9.17) is 0 Å². The van der Waals surface area contributed by atoms with E-state index in [0.29, 0.717) is 5.54 Å². The molecule has 2 rings (SSSR count). The Labute approximate surface area is 107 Å². The molecular weight excluding hydrogens is 210 g/mol. The van der Waals surface area contributed by atoms with Gasteiger partial charge < -0.3 is 5.32 Å². The van der Waals surface area contributed by atoms with Crippen molar-refractivity contribution in [3.8, 4) is 0 Å². The van der Waals surface area contributed by atoms with Crippen LogP contribution in [0.4, 0.5) is 0 Å². The van der Waals surface area contributed by atoms with Crippen molar-refractivity contribution in [2.24, 2.45) is 0 Å². The Morgan fingerprint density at radius 2 is 1.94 bits per heavy atom. The SMILES string of the molecule is CCC(C)N1CC(N2CCNCC2)CC1(C)C. The zero-order chi connectivity index (χ0) is 12.5. The number of nitrogens with zero attached hydrogens (tertiary/aromatic N) is 2. The second kappa shape index (κ2) is 5.25. The average Bonchev–Trinajstić information content (AvgIpc) is 2.65. The highest BCUT2D eigenvalue weighted by Gasteiger charge is 2.42. The summed E-state index contributed by atoms with van der Waals surface area (Å²) in [7, 11) is 0. The Hall–Kier alpha value is -0.120. The second-order valence-electron chi connectivity index (χ2n) is 6.37. The van der Waals surface area contributed by atoms with E-state index in [1.54, 1.807) is 0 Å². The predicted octanol–water partition coefficient (Wildman–Crippen LogP) is 1.54. The van der Waals surface area contributed by atoms with E-state index >= 15 is 0 Å². The second-order valence-corrected chi connectivity index (χ2v) is 6.37. The van der Waals surface area contributed by atoms with Crippen LogP contribution in [-0.4, -0.2) is 60.1 Å². The van der Waals surface area contributed by atoms with E-state index < -0.39 is 0 Å². The molecule has 0 aliphatic carbocycles. The Balaban J connectivity index is 1.99. The lowest BCUT2D eigenvalue weighted by atomic mass is 9.98. The molecule has 1 N–H and O–H groups in total. The molecule has 2 atom stereocenters. The van der Waals surface area contributed by atoms with Crippen LogP contribution in [0.2, 0.25) is 0 Å². The molecule has 2 saturated heterocycles. The molecular formula is C14H29N3. The first-order chi connectivity index (χ1) is 8.04. The van der Waals surface area contributed by atoms with E-state index in [1.165, 1.54) is 45.6 Å². The maximum atomic E-state index is 3.45. The minimum absolute atomic E-state index is 0.380. The topological polar surface area (TPSA) is 18.5 Å².